The first kappa shape index (κ1) is 18.9. The standard InChI is InChI=1S/C14H21N3O3S.ClH/c1-11-3-5-12(6-4-11)21(19,20)16-9-10-17(2)13(18)14(15)7-8-14;/h3-6,16H,7-10,15H2,1-2H3;1H. The van der Waals surface area contributed by atoms with Gasteiger partial charge in [-0.1, -0.05) is 17.7 Å². The molecule has 8 heteroatoms. The number of benzene rings is 1. The average Bonchev–Trinajstić information content (AvgIpc) is 3.17. The summed E-state index contributed by atoms with van der Waals surface area (Å²) in [5, 5.41) is 0. The zero-order valence-electron chi connectivity index (χ0n) is 12.7. The minimum absolute atomic E-state index is 0. The largest absolute Gasteiger partial charge is 0.343 e. The Hall–Kier alpha value is -1.15. The maximum atomic E-state index is 12.1. The molecule has 22 heavy (non-hydrogen) atoms. The molecular weight excluding hydrogens is 326 g/mol. The molecule has 0 radical (unpaired) electrons. The van der Waals surface area contributed by atoms with Crippen molar-refractivity contribution < 1.29 is 13.2 Å². The van der Waals surface area contributed by atoms with Crippen molar-refractivity contribution in [1.82, 2.24) is 9.62 Å². The van der Waals surface area contributed by atoms with Crippen molar-refractivity contribution in [3.8, 4) is 0 Å². The first-order valence-electron chi connectivity index (χ1n) is 6.85. The van der Waals surface area contributed by atoms with Gasteiger partial charge in [-0.2, -0.15) is 0 Å². The first-order valence-corrected chi connectivity index (χ1v) is 8.34. The van der Waals surface area contributed by atoms with Gasteiger partial charge in [0.25, 0.3) is 0 Å². The van der Waals surface area contributed by atoms with Gasteiger partial charge in [0, 0.05) is 20.1 Å². The molecule has 0 saturated heterocycles. The lowest BCUT2D eigenvalue weighted by molar-refractivity contribution is -0.132. The van der Waals surface area contributed by atoms with Crippen LogP contribution in [0.4, 0.5) is 0 Å². The number of aryl methyl sites for hydroxylation is 1. The molecule has 1 fully saturated rings. The van der Waals surface area contributed by atoms with Crippen molar-refractivity contribution in [2.24, 2.45) is 5.73 Å². The molecule has 124 valence electrons. The molecule has 0 aliphatic heterocycles. The molecule has 0 unspecified atom stereocenters. The maximum absolute atomic E-state index is 12.1. The van der Waals surface area contributed by atoms with Gasteiger partial charge in [-0.3, -0.25) is 4.79 Å². The number of sulfonamides is 1. The third kappa shape index (κ3) is 4.42. The van der Waals surface area contributed by atoms with Gasteiger partial charge < -0.3 is 10.6 Å². The molecule has 0 atom stereocenters. The van der Waals surface area contributed by atoms with Gasteiger partial charge in [0.05, 0.1) is 10.4 Å². The summed E-state index contributed by atoms with van der Waals surface area (Å²) < 4.78 is 26.6. The highest BCUT2D eigenvalue weighted by molar-refractivity contribution is 7.89. The van der Waals surface area contributed by atoms with Crippen molar-refractivity contribution in [2.75, 3.05) is 20.1 Å². The summed E-state index contributed by atoms with van der Waals surface area (Å²) in [6, 6.07) is 6.61. The molecule has 2 rings (SSSR count). The Morgan fingerprint density at radius 3 is 2.36 bits per heavy atom. The number of carbonyl (C=O) groups excluding carboxylic acids is 1. The predicted octanol–water partition coefficient (Wildman–Crippen LogP) is 0.645. The number of carbonyl (C=O) groups is 1. The third-order valence-corrected chi connectivity index (χ3v) is 5.11. The van der Waals surface area contributed by atoms with Crippen molar-refractivity contribution in [3.05, 3.63) is 29.8 Å². The molecule has 1 amide bonds. The van der Waals surface area contributed by atoms with Crippen molar-refractivity contribution in [1.29, 1.82) is 0 Å². The zero-order chi connectivity index (χ0) is 15.7. The molecule has 1 aliphatic rings. The number of nitrogens with zero attached hydrogens (tertiary/aromatic N) is 1. The van der Waals surface area contributed by atoms with Crippen LogP contribution in [0.1, 0.15) is 18.4 Å². The molecule has 0 heterocycles. The lowest BCUT2D eigenvalue weighted by Gasteiger charge is -2.21. The molecule has 1 aromatic carbocycles. The van der Waals surface area contributed by atoms with Crippen LogP contribution in [0, 0.1) is 6.92 Å². The molecule has 1 aromatic rings. The second-order valence-corrected chi connectivity index (χ2v) is 7.36. The quantitative estimate of drug-likeness (QED) is 0.790. The number of amides is 1. The van der Waals surface area contributed by atoms with Gasteiger partial charge in [0.15, 0.2) is 0 Å². The molecule has 1 saturated carbocycles. The summed E-state index contributed by atoms with van der Waals surface area (Å²) in [5.74, 6) is -0.128. The number of halogens is 1. The molecule has 6 nitrogen and oxygen atoms in total. The predicted molar refractivity (Wildman–Crippen MR) is 87.4 cm³/mol. The fourth-order valence-corrected chi connectivity index (χ4v) is 3.00. The fraction of sp³-hybridized carbons (Fsp3) is 0.500. The van der Waals surface area contributed by atoms with Crippen LogP contribution in [0.5, 0.6) is 0 Å². The molecule has 3 N–H and O–H groups in total. The Balaban J connectivity index is 0.00000242. The summed E-state index contributed by atoms with van der Waals surface area (Å²) >= 11 is 0. The van der Waals surface area contributed by atoms with E-state index in [1.165, 1.54) is 4.90 Å². The van der Waals surface area contributed by atoms with Crippen LogP contribution in [-0.4, -0.2) is 44.9 Å². The van der Waals surface area contributed by atoms with Gasteiger partial charge >= 0.3 is 0 Å². The molecule has 0 spiro atoms. The van der Waals surface area contributed by atoms with Crippen LogP contribution in [0.15, 0.2) is 29.2 Å². The fourth-order valence-electron chi connectivity index (χ4n) is 1.98. The van der Waals surface area contributed by atoms with Crippen LogP contribution < -0.4 is 10.5 Å². The van der Waals surface area contributed by atoms with Gasteiger partial charge in [0.2, 0.25) is 15.9 Å². The van der Waals surface area contributed by atoms with E-state index < -0.39 is 15.6 Å². The van der Waals surface area contributed by atoms with E-state index in [1.54, 1.807) is 31.3 Å². The number of rotatable bonds is 6. The van der Waals surface area contributed by atoms with Crippen LogP contribution in [0.2, 0.25) is 0 Å². The van der Waals surface area contributed by atoms with Crippen LogP contribution in [-0.2, 0) is 14.8 Å². The second-order valence-electron chi connectivity index (χ2n) is 5.59. The van der Waals surface area contributed by atoms with Crippen LogP contribution in [0.25, 0.3) is 0 Å². The van der Waals surface area contributed by atoms with Gasteiger partial charge in [-0.25, -0.2) is 13.1 Å². The van der Waals surface area contributed by atoms with Crippen LogP contribution >= 0.6 is 12.4 Å². The van der Waals surface area contributed by atoms with Gasteiger partial charge in [-0.15, -0.1) is 12.4 Å². The first-order chi connectivity index (χ1) is 9.74. The normalized spacial score (nSPS) is 15.8. The Morgan fingerprint density at radius 1 is 1.32 bits per heavy atom. The summed E-state index contributed by atoms with van der Waals surface area (Å²) in [4.78, 5) is 13.6. The van der Waals surface area contributed by atoms with Gasteiger partial charge in [-0.05, 0) is 31.9 Å². The summed E-state index contributed by atoms with van der Waals surface area (Å²) in [5.41, 5.74) is 6.10. The number of hydrogen-bond donors (Lipinski definition) is 2. The van der Waals surface area contributed by atoms with E-state index in [9.17, 15) is 13.2 Å². The van der Waals surface area contributed by atoms with E-state index in [0.29, 0.717) is 19.4 Å². The SMILES string of the molecule is Cc1ccc(S(=O)(=O)NCCN(C)C(=O)C2(N)CC2)cc1.Cl. The number of nitrogens with two attached hydrogens (primary N) is 1. The summed E-state index contributed by atoms with van der Waals surface area (Å²) in [7, 11) is -1.90. The third-order valence-electron chi connectivity index (χ3n) is 3.63. The minimum Gasteiger partial charge on any atom is -0.343 e. The number of nitrogens with one attached hydrogen (secondary N) is 1. The Kier molecular flexibility index (Phi) is 5.97. The molecular formula is C14H22ClN3O3S. The Morgan fingerprint density at radius 2 is 1.86 bits per heavy atom. The Labute approximate surface area is 137 Å². The van der Waals surface area contributed by atoms with E-state index in [-0.39, 0.29) is 29.8 Å². The molecule has 0 aromatic heterocycles. The highest BCUT2D eigenvalue weighted by Gasteiger charge is 2.47. The highest BCUT2D eigenvalue weighted by Crippen LogP contribution is 2.33. The summed E-state index contributed by atoms with van der Waals surface area (Å²) in [6.45, 7) is 2.35. The lowest BCUT2D eigenvalue weighted by atomic mass is 10.2. The van der Waals surface area contributed by atoms with E-state index >= 15 is 0 Å². The number of hydrogen-bond acceptors (Lipinski definition) is 4. The Bertz CT molecular complexity index is 627. The molecule has 0 bridgehead atoms. The van der Waals surface area contributed by atoms with E-state index in [0.717, 1.165) is 5.56 Å². The summed E-state index contributed by atoms with van der Waals surface area (Å²) in [6.07, 6.45) is 1.40. The van der Waals surface area contributed by atoms with Crippen molar-refractivity contribution in [3.63, 3.8) is 0 Å². The lowest BCUT2D eigenvalue weighted by Crippen LogP contribution is -2.46. The van der Waals surface area contributed by atoms with Gasteiger partial charge in [0.1, 0.15) is 0 Å². The monoisotopic (exact) mass is 347 g/mol. The zero-order valence-corrected chi connectivity index (χ0v) is 14.3. The topological polar surface area (TPSA) is 92.5 Å². The maximum Gasteiger partial charge on any atom is 0.242 e. The number of likely N-dealkylation sites (N-methyl/N-ethyl adjacent to an activating group) is 1. The van der Waals surface area contributed by atoms with Crippen LogP contribution in [0.3, 0.4) is 0 Å². The highest BCUT2D eigenvalue weighted by atomic mass is 35.5. The van der Waals surface area contributed by atoms with E-state index in [1.807, 2.05) is 6.92 Å². The van der Waals surface area contributed by atoms with Crippen molar-refractivity contribution >= 4 is 28.3 Å². The second kappa shape index (κ2) is 6.95. The average molecular weight is 348 g/mol. The smallest absolute Gasteiger partial charge is 0.242 e. The minimum atomic E-state index is -3.54. The van der Waals surface area contributed by atoms with E-state index in [4.69, 9.17) is 5.73 Å². The van der Waals surface area contributed by atoms with E-state index in [2.05, 4.69) is 4.72 Å². The van der Waals surface area contributed by atoms with Crippen molar-refractivity contribution in [2.45, 2.75) is 30.2 Å². The molecule has 1 aliphatic carbocycles.